The number of unbranched alkanes of at least 4 members (excludes halogenated alkanes) is 1. The Morgan fingerprint density at radius 2 is 2.25 bits per heavy atom. The minimum absolute atomic E-state index is 0.0258. The van der Waals surface area contributed by atoms with E-state index in [0.717, 1.165) is 25.6 Å². The molecule has 1 saturated heterocycles. The maximum Gasteiger partial charge on any atom is 0.358 e. The van der Waals surface area contributed by atoms with E-state index in [1.807, 2.05) is 0 Å². The summed E-state index contributed by atoms with van der Waals surface area (Å²) in [5, 5.41) is 16.4. The monoisotopic (exact) mass is 280 g/mol. The van der Waals surface area contributed by atoms with Crippen LogP contribution in [0.5, 0.6) is 0 Å². The Bertz CT molecular complexity index is 440. The number of hydrogen-bond donors (Lipinski definition) is 1. The summed E-state index contributed by atoms with van der Waals surface area (Å²) >= 11 is 0. The lowest BCUT2D eigenvalue weighted by Crippen LogP contribution is -2.49. The molecule has 0 amide bonds. The largest absolute Gasteiger partial charge is 0.476 e. The van der Waals surface area contributed by atoms with Gasteiger partial charge in [0.05, 0.1) is 12.2 Å². The average molecular weight is 280 g/mol. The Labute approximate surface area is 119 Å². The summed E-state index contributed by atoms with van der Waals surface area (Å²) in [5.41, 5.74) is 0.0258. The van der Waals surface area contributed by atoms with Gasteiger partial charge < -0.3 is 5.11 Å². The smallest absolute Gasteiger partial charge is 0.358 e. The fourth-order valence-electron chi connectivity index (χ4n) is 2.69. The number of hydrogen-bond acceptors (Lipinski definition) is 4. The van der Waals surface area contributed by atoms with Crippen LogP contribution in [0.1, 0.15) is 56.1 Å². The van der Waals surface area contributed by atoms with Crippen LogP contribution < -0.4 is 0 Å². The molecule has 0 aliphatic carbocycles. The molecule has 2 rings (SSSR count). The molecule has 0 radical (unpaired) electrons. The second-order valence-corrected chi connectivity index (χ2v) is 5.68. The summed E-state index contributed by atoms with van der Waals surface area (Å²) in [7, 11) is 0. The van der Waals surface area contributed by atoms with Gasteiger partial charge in [-0.25, -0.2) is 9.48 Å². The third-order valence-corrected chi connectivity index (χ3v) is 4.10. The second kappa shape index (κ2) is 6.83. The number of carboxylic acid groups (broad SMARTS) is 1. The normalized spacial score (nSPS) is 17.9. The first-order valence-electron chi connectivity index (χ1n) is 7.51. The third kappa shape index (κ3) is 3.56. The lowest BCUT2D eigenvalue weighted by atomic mass is 9.96. The molecule has 1 aliphatic heterocycles. The van der Waals surface area contributed by atoms with Crippen molar-refractivity contribution in [3.05, 3.63) is 11.9 Å². The molecule has 20 heavy (non-hydrogen) atoms. The molecular weight excluding hydrogens is 256 g/mol. The minimum atomic E-state index is -1.02. The highest BCUT2D eigenvalue weighted by Gasteiger charge is 2.30. The molecule has 1 aromatic heterocycles. The standard InChI is InChI=1S/C14H24N4O2/c1-3-5-6-11(4-2)7-17-8-12(9-17)18-10-13(14(19)20)15-16-18/h10-12H,3-9H2,1-2H3,(H,19,20). The van der Waals surface area contributed by atoms with Gasteiger partial charge in [0, 0.05) is 19.6 Å². The van der Waals surface area contributed by atoms with E-state index in [2.05, 4.69) is 29.1 Å². The summed E-state index contributed by atoms with van der Waals surface area (Å²) in [6.45, 7) is 7.54. The number of nitrogens with zero attached hydrogens (tertiary/aromatic N) is 4. The Morgan fingerprint density at radius 3 is 2.80 bits per heavy atom. The Morgan fingerprint density at radius 1 is 1.50 bits per heavy atom. The lowest BCUT2D eigenvalue weighted by Gasteiger charge is -2.40. The first kappa shape index (κ1) is 15.0. The quantitative estimate of drug-likeness (QED) is 0.789. The molecular formula is C14H24N4O2. The molecule has 1 unspecified atom stereocenters. The van der Waals surface area contributed by atoms with Crippen LogP contribution in [0, 0.1) is 5.92 Å². The van der Waals surface area contributed by atoms with E-state index in [9.17, 15) is 4.79 Å². The summed E-state index contributed by atoms with van der Waals surface area (Å²) in [5.74, 6) is -0.237. The van der Waals surface area contributed by atoms with Crippen LogP contribution >= 0.6 is 0 Å². The molecule has 0 aromatic carbocycles. The zero-order valence-corrected chi connectivity index (χ0v) is 12.3. The second-order valence-electron chi connectivity index (χ2n) is 5.68. The zero-order chi connectivity index (χ0) is 14.5. The molecule has 0 saturated carbocycles. The summed E-state index contributed by atoms with van der Waals surface area (Å²) in [6.07, 6.45) is 6.63. The minimum Gasteiger partial charge on any atom is -0.476 e. The molecule has 112 valence electrons. The van der Waals surface area contributed by atoms with Crippen molar-refractivity contribution in [3.8, 4) is 0 Å². The Balaban J connectivity index is 1.77. The average Bonchev–Trinajstić information content (AvgIpc) is 2.86. The van der Waals surface area contributed by atoms with Crippen LogP contribution in [0.2, 0.25) is 0 Å². The Hall–Kier alpha value is -1.43. The van der Waals surface area contributed by atoms with Crippen molar-refractivity contribution in [1.29, 1.82) is 0 Å². The number of aromatic carboxylic acids is 1. The van der Waals surface area contributed by atoms with E-state index in [1.165, 1.54) is 31.9 Å². The highest BCUT2D eigenvalue weighted by Crippen LogP contribution is 2.24. The first-order valence-corrected chi connectivity index (χ1v) is 7.51. The Kier molecular flexibility index (Phi) is 5.11. The molecule has 1 N–H and O–H groups in total. The van der Waals surface area contributed by atoms with Crippen LogP contribution in [0.4, 0.5) is 0 Å². The molecule has 1 fully saturated rings. The molecule has 6 heteroatoms. The van der Waals surface area contributed by atoms with Crippen LogP contribution in [0.15, 0.2) is 6.20 Å². The fourth-order valence-corrected chi connectivity index (χ4v) is 2.69. The number of rotatable bonds is 8. The van der Waals surface area contributed by atoms with E-state index in [-0.39, 0.29) is 11.7 Å². The number of likely N-dealkylation sites (tertiary alicyclic amines) is 1. The maximum absolute atomic E-state index is 10.8. The number of carboxylic acids is 1. The van der Waals surface area contributed by atoms with E-state index < -0.39 is 5.97 Å². The summed E-state index contributed by atoms with van der Waals surface area (Å²) in [6, 6.07) is 0.277. The van der Waals surface area contributed by atoms with Gasteiger partial charge in [0.1, 0.15) is 0 Å². The summed E-state index contributed by atoms with van der Waals surface area (Å²) in [4.78, 5) is 13.2. The molecule has 2 heterocycles. The predicted octanol–water partition coefficient (Wildman–Crippen LogP) is 2.05. The molecule has 0 bridgehead atoms. The van der Waals surface area contributed by atoms with Crippen molar-refractivity contribution in [2.45, 2.75) is 45.6 Å². The fraction of sp³-hybridized carbons (Fsp3) is 0.786. The summed E-state index contributed by atoms with van der Waals surface area (Å²) < 4.78 is 1.69. The van der Waals surface area contributed by atoms with Gasteiger partial charge in [-0.15, -0.1) is 5.10 Å². The van der Waals surface area contributed by atoms with Gasteiger partial charge in [0.15, 0.2) is 5.69 Å². The molecule has 6 nitrogen and oxygen atoms in total. The van der Waals surface area contributed by atoms with E-state index in [4.69, 9.17) is 5.11 Å². The molecule has 1 atom stereocenters. The first-order chi connectivity index (χ1) is 9.63. The van der Waals surface area contributed by atoms with Gasteiger partial charge in [-0.1, -0.05) is 38.3 Å². The topological polar surface area (TPSA) is 71.2 Å². The van der Waals surface area contributed by atoms with Crippen LogP contribution in [0.25, 0.3) is 0 Å². The zero-order valence-electron chi connectivity index (χ0n) is 12.3. The molecule has 1 aromatic rings. The van der Waals surface area contributed by atoms with Crippen molar-refractivity contribution in [2.75, 3.05) is 19.6 Å². The van der Waals surface area contributed by atoms with Crippen molar-refractivity contribution >= 4 is 5.97 Å². The predicted molar refractivity (Wildman–Crippen MR) is 75.8 cm³/mol. The van der Waals surface area contributed by atoms with Gasteiger partial charge in [-0.05, 0) is 12.3 Å². The molecule has 0 spiro atoms. The van der Waals surface area contributed by atoms with Crippen molar-refractivity contribution in [2.24, 2.45) is 5.92 Å². The lowest BCUT2D eigenvalue weighted by molar-refractivity contribution is 0.0689. The molecule has 1 aliphatic rings. The van der Waals surface area contributed by atoms with E-state index >= 15 is 0 Å². The van der Waals surface area contributed by atoms with Crippen molar-refractivity contribution in [3.63, 3.8) is 0 Å². The third-order valence-electron chi connectivity index (χ3n) is 4.10. The van der Waals surface area contributed by atoms with E-state index in [1.54, 1.807) is 4.68 Å². The number of carbonyl (C=O) groups is 1. The van der Waals surface area contributed by atoms with Crippen molar-refractivity contribution < 1.29 is 9.90 Å². The maximum atomic E-state index is 10.8. The van der Waals surface area contributed by atoms with E-state index in [0.29, 0.717) is 0 Å². The van der Waals surface area contributed by atoms with Gasteiger partial charge in [-0.2, -0.15) is 0 Å². The highest BCUT2D eigenvalue weighted by atomic mass is 16.4. The van der Waals surface area contributed by atoms with Gasteiger partial charge in [0.2, 0.25) is 0 Å². The SMILES string of the molecule is CCCCC(CC)CN1CC(n2cc(C(=O)O)nn2)C1. The van der Waals surface area contributed by atoms with Crippen LogP contribution in [-0.2, 0) is 0 Å². The van der Waals surface area contributed by atoms with Gasteiger partial charge in [0.25, 0.3) is 0 Å². The number of aromatic nitrogens is 3. The highest BCUT2D eigenvalue weighted by molar-refractivity contribution is 5.84. The van der Waals surface area contributed by atoms with Crippen LogP contribution in [0.3, 0.4) is 0 Å². The van der Waals surface area contributed by atoms with Crippen molar-refractivity contribution in [1.82, 2.24) is 19.9 Å². The van der Waals surface area contributed by atoms with Gasteiger partial charge in [-0.3, -0.25) is 4.90 Å². The van der Waals surface area contributed by atoms with Crippen LogP contribution in [-0.4, -0.2) is 50.6 Å². The van der Waals surface area contributed by atoms with Gasteiger partial charge >= 0.3 is 5.97 Å².